The van der Waals surface area contributed by atoms with Crippen LogP contribution in [-0.4, -0.2) is 32.1 Å². The van der Waals surface area contributed by atoms with Crippen molar-refractivity contribution in [1.29, 1.82) is 0 Å². The van der Waals surface area contributed by atoms with E-state index >= 15 is 0 Å². The summed E-state index contributed by atoms with van der Waals surface area (Å²) in [7, 11) is 1.88. The Kier molecular flexibility index (Phi) is 4.41. The van der Waals surface area contributed by atoms with Crippen molar-refractivity contribution in [3.63, 3.8) is 0 Å². The van der Waals surface area contributed by atoms with Crippen LogP contribution in [0.25, 0.3) is 22.0 Å². The monoisotopic (exact) mass is 383 g/mol. The van der Waals surface area contributed by atoms with Crippen molar-refractivity contribution >= 4 is 16.6 Å². The Morgan fingerprint density at radius 1 is 1.07 bits per heavy atom. The van der Waals surface area contributed by atoms with Crippen LogP contribution in [0.1, 0.15) is 27.2 Å². The normalized spacial score (nSPS) is 13.4. The molecule has 0 unspecified atom stereocenters. The average Bonchev–Trinajstić information content (AvgIpc) is 3.19. The Labute approximate surface area is 168 Å². The maximum absolute atomic E-state index is 12.8. The minimum absolute atomic E-state index is 0.0896. The summed E-state index contributed by atoms with van der Waals surface area (Å²) in [6.45, 7) is 1.83. The summed E-state index contributed by atoms with van der Waals surface area (Å²) in [5.74, 6) is 0.0896. The Morgan fingerprint density at radius 3 is 2.83 bits per heavy atom. The van der Waals surface area contributed by atoms with E-state index in [1.165, 1.54) is 11.1 Å². The van der Waals surface area contributed by atoms with Crippen molar-refractivity contribution in [3.05, 3.63) is 77.5 Å². The Hall–Kier alpha value is -3.38. The number of fused-ring (bicyclic) bond motifs is 2. The number of hydrogen-bond donors (Lipinski definition) is 1. The first-order valence-corrected chi connectivity index (χ1v) is 9.75. The standard InChI is InChI=1S/C23H21N5O/c1-28-14-20(13-27-28)22-8-17-7-21(25-11-19(17)12-26-22)9-23(29)16-3-2-15-4-5-24-10-18(15)6-16/h2-3,6-8,11-14,24H,4-5,9-10H2,1H3. The third-order valence-corrected chi connectivity index (χ3v) is 5.42. The molecule has 4 heterocycles. The molecule has 0 bridgehead atoms. The molecule has 0 spiro atoms. The maximum atomic E-state index is 12.8. The van der Waals surface area contributed by atoms with Gasteiger partial charge in [-0.15, -0.1) is 0 Å². The number of hydrogen-bond acceptors (Lipinski definition) is 5. The first-order valence-electron chi connectivity index (χ1n) is 9.75. The SMILES string of the molecule is Cn1cc(-c2cc3cc(CC(=O)c4ccc5c(c4)CNCC5)ncc3cn2)cn1. The van der Waals surface area contributed by atoms with Crippen LogP contribution in [0.4, 0.5) is 0 Å². The number of Topliss-reactive ketones (excluding diaryl/α,β-unsaturated/α-hetero) is 1. The number of benzene rings is 1. The van der Waals surface area contributed by atoms with Crippen LogP contribution in [0, 0.1) is 0 Å². The molecular formula is C23H21N5O. The largest absolute Gasteiger partial charge is 0.312 e. The number of pyridine rings is 2. The molecule has 1 aliphatic rings. The van der Waals surface area contributed by atoms with Gasteiger partial charge < -0.3 is 5.32 Å². The first-order chi connectivity index (χ1) is 14.2. The van der Waals surface area contributed by atoms with Gasteiger partial charge in [-0.3, -0.25) is 19.4 Å². The molecule has 29 heavy (non-hydrogen) atoms. The first kappa shape index (κ1) is 17.7. The van der Waals surface area contributed by atoms with Crippen molar-refractivity contribution in [2.45, 2.75) is 19.4 Å². The van der Waals surface area contributed by atoms with Crippen molar-refractivity contribution < 1.29 is 4.79 Å². The van der Waals surface area contributed by atoms with Gasteiger partial charge in [0.1, 0.15) is 0 Å². The van der Waals surface area contributed by atoms with Gasteiger partial charge in [0.2, 0.25) is 0 Å². The molecular weight excluding hydrogens is 362 g/mol. The molecule has 144 valence electrons. The van der Waals surface area contributed by atoms with E-state index in [0.717, 1.165) is 52.8 Å². The molecule has 3 aromatic heterocycles. The van der Waals surface area contributed by atoms with Crippen LogP contribution in [0.5, 0.6) is 0 Å². The fourth-order valence-corrected chi connectivity index (χ4v) is 3.81. The van der Waals surface area contributed by atoms with Crippen LogP contribution in [0.2, 0.25) is 0 Å². The zero-order valence-electron chi connectivity index (χ0n) is 16.2. The minimum Gasteiger partial charge on any atom is -0.312 e. The van der Waals surface area contributed by atoms with E-state index in [0.29, 0.717) is 0 Å². The molecule has 1 aliphatic heterocycles. The van der Waals surface area contributed by atoms with Gasteiger partial charge in [-0.1, -0.05) is 12.1 Å². The number of aryl methyl sites for hydroxylation is 1. The second kappa shape index (κ2) is 7.22. The molecule has 0 atom stereocenters. The van der Waals surface area contributed by atoms with E-state index in [1.54, 1.807) is 17.1 Å². The van der Waals surface area contributed by atoms with Crippen LogP contribution >= 0.6 is 0 Å². The lowest BCUT2D eigenvalue weighted by molar-refractivity contribution is 0.0992. The summed E-state index contributed by atoms with van der Waals surface area (Å²) >= 11 is 0. The summed E-state index contributed by atoms with van der Waals surface area (Å²) < 4.78 is 1.76. The van der Waals surface area contributed by atoms with Crippen molar-refractivity contribution in [3.8, 4) is 11.3 Å². The molecule has 6 heteroatoms. The van der Waals surface area contributed by atoms with Crippen LogP contribution in [-0.2, 0) is 26.4 Å². The topological polar surface area (TPSA) is 72.7 Å². The highest BCUT2D eigenvalue weighted by Gasteiger charge is 2.14. The van der Waals surface area contributed by atoms with Gasteiger partial charge in [0.25, 0.3) is 0 Å². The zero-order valence-corrected chi connectivity index (χ0v) is 16.2. The smallest absolute Gasteiger partial charge is 0.168 e. The molecule has 0 amide bonds. The Morgan fingerprint density at radius 2 is 1.97 bits per heavy atom. The van der Waals surface area contributed by atoms with Gasteiger partial charge in [0, 0.05) is 54.4 Å². The van der Waals surface area contributed by atoms with E-state index < -0.39 is 0 Å². The minimum atomic E-state index is 0.0896. The van der Waals surface area contributed by atoms with E-state index in [9.17, 15) is 4.79 Å². The summed E-state index contributed by atoms with van der Waals surface area (Å²) in [5, 5.41) is 9.54. The molecule has 1 N–H and O–H groups in total. The highest BCUT2D eigenvalue weighted by Crippen LogP contribution is 2.22. The predicted molar refractivity (Wildman–Crippen MR) is 112 cm³/mol. The van der Waals surface area contributed by atoms with Crippen molar-refractivity contribution in [2.24, 2.45) is 7.05 Å². The maximum Gasteiger partial charge on any atom is 0.168 e. The van der Waals surface area contributed by atoms with E-state index in [-0.39, 0.29) is 12.2 Å². The van der Waals surface area contributed by atoms with Gasteiger partial charge >= 0.3 is 0 Å². The summed E-state index contributed by atoms with van der Waals surface area (Å²) in [6.07, 6.45) is 8.63. The number of carbonyl (C=O) groups is 1. The molecule has 4 aromatic rings. The number of rotatable bonds is 4. The quantitative estimate of drug-likeness (QED) is 0.548. The molecule has 0 radical (unpaired) electrons. The van der Waals surface area contributed by atoms with Gasteiger partial charge in [0.15, 0.2) is 5.78 Å². The lowest BCUT2D eigenvalue weighted by Gasteiger charge is -2.17. The van der Waals surface area contributed by atoms with Crippen molar-refractivity contribution in [2.75, 3.05) is 6.54 Å². The van der Waals surface area contributed by atoms with Gasteiger partial charge in [-0.2, -0.15) is 5.10 Å². The second-order valence-electron chi connectivity index (χ2n) is 7.51. The number of nitrogens with zero attached hydrogens (tertiary/aromatic N) is 4. The Bertz CT molecular complexity index is 1230. The van der Waals surface area contributed by atoms with Gasteiger partial charge in [-0.25, -0.2) is 0 Å². The number of ketones is 1. The lowest BCUT2D eigenvalue weighted by Crippen LogP contribution is -2.24. The number of carbonyl (C=O) groups excluding carboxylic acids is 1. The van der Waals surface area contributed by atoms with Crippen LogP contribution in [0.15, 0.2) is 55.1 Å². The summed E-state index contributed by atoms with van der Waals surface area (Å²) in [5.41, 5.74) is 5.89. The third kappa shape index (κ3) is 3.54. The van der Waals surface area contributed by atoms with E-state index in [4.69, 9.17) is 0 Å². The second-order valence-corrected chi connectivity index (χ2v) is 7.51. The molecule has 0 saturated carbocycles. The number of nitrogens with one attached hydrogen (secondary N) is 1. The lowest BCUT2D eigenvalue weighted by atomic mass is 9.96. The fraction of sp³-hybridized carbons (Fsp3) is 0.217. The van der Waals surface area contributed by atoms with E-state index in [1.807, 2.05) is 43.7 Å². The molecule has 0 fully saturated rings. The highest BCUT2D eigenvalue weighted by molar-refractivity contribution is 5.98. The van der Waals surface area contributed by atoms with Gasteiger partial charge in [0.05, 0.1) is 18.3 Å². The van der Waals surface area contributed by atoms with Crippen LogP contribution in [0.3, 0.4) is 0 Å². The van der Waals surface area contributed by atoms with Crippen LogP contribution < -0.4 is 5.32 Å². The molecule has 5 rings (SSSR count). The van der Waals surface area contributed by atoms with Crippen molar-refractivity contribution in [1.82, 2.24) is 25.1 Å². The fourth-order valence-electron chi connectivity index (χ4n) is 3.81. The predicted octanol–water partition coefficient (Wildman–Crippen LogP) is 3.10. The molecule has 0 aliphatic carbocycles. The summed E-state index contributed by atoms with van der Waals surface area (Å²) in [6, 6.07) is 10.1. The average molecular weight is 383 g/mol. The third-order valence-electron chi connectivity index (χ3n) is 5.42. The number of aromatic nitrogens is 4. The van der Waals surface area contributed by atoms with E-state index in [2.05, 4.69) is 26.4 Å². The van der Waals surface area contributed by atoms with Gasteiger partial charge in [-0.05, 0) is 47.7 Å². The Balaban J connectivity index is 1.42. The molecule has 6 nitrogen and oxygen atoms in total. The molecule has 0 saturated heterocycles. The highest BCUT2D eigenvalue weighted by atomic mass is 16.1. The molecule has 1 aromatic carbocycles. The zero-order chi connectivity index (χ0) is 19.8. The summed E-state index contributed by atoms with van der Waals surface area (Å²) in [4.78, 5) is 21.8.